The molecule has 0 spiro atoms. The second kappa shape index (κ2) is 8.15. The highest BCUT2D eigenvalue weighted by Crippen LogP contribution is 2.19. The van der Waals surface area contributed by atoms with Crippen molar-refractivity contribution in [3.63, 3.8) is 0 Å². The standard InChI is InChI=1S/C20H20ClN3O2/c1-14-7-9-15(10-8-14)20-23-22-18(26-20)11-12-19(25)24(2)13-16-5-3-4-6-17(16)21/h3-10H,11-13H2,1-2H3. The summed E-state index contributed by atoms with van der Waals surface area (Å²) >= 11 is 6.15. The molecule has 0 unspecified atom stereocenters. The van der Waals surface area contributed by atoms with Gasteiger partial charge in [0.05, 0.1) is 0 Å². The van der Waals surface area contributed by atoms with Crippen LogP contribution in [0.2, 0.25) is 5.02 Å². The fourth-order valence-corrected chi connectivity index (χ4v) is 2.74. The zero-order valence-corrected chi connectivity index (χ0v) is 15.5. The zero-order chi connectivity index (χ0) is 18.5. The number of hydrogen-bond acceptors (Lipinski definition) is 4. The van der Waals surface area contributed by atoms with Crippen molar-refractivity contribution in [2.45, 2.75) is 26.3 Å². The normalized spacial score (nSPS) is 10.7. The van der Waals surface area contributed by atoms with Crippen molar-refractivity contribution in [2.24, 2.45) is 0 Å². The lowest BCUT2D eigenvalue weighted by Crippen LogP contribution is -2.26. The van der Waals surface area contributed by atoms with Gasteiger partial charge in [0, 0.05) is 37.0 Å². The van der Waals surface area contributed by atoms with Gasteiger partial charge in [-0.1, -0.05) is 47.5 Å². The molecule has 0 fully saturated rings. The SMILES string of the molecule is Cc1ccc(-c2nnc(CCC(=O)N(C)Cc3ccccc3Cl)o2)cc1. The van der Waals surface area contributed by atoms with E-state index in [1.54, 1.807) is 11.9 Å². The van der Waals surface area contributed by atoms with Crippen LogP contribution in [0.15, 0.2) is 52.9 Å². The molecule has 134 valence electrons. The quantitative estimate of drug-likeness (QED) is 0.650. The maximum atomic E-state index is 12.3. The van der Waals surface area contributed by atoms with E-state index in [0.29, 0.717) is 36.2 Å². The molecule has 1 amide bonds. The molecule has 3 aromatic rings. The highest BCUT2D eigenvalue weighted by molar-refractivity contribution is 6.31. The topological polar surface area (TPSA) is 59.2 Å². The maximum Gasteiger partial charge on any atom is 0.247 e. The number of aryl methyl sites for hydroxylation is 2. The highest BCUT2D eigenvalue weighted by Gasteiger charge is 2.14. The first kappa shape index (κ1) is 18.1. The number of rotatable bonds is 6. The Kier molecular flexibility index (Phi) is 5.68. The maximum absolute atomic E-state index is 12.3. The lowest BCUT2D eigenvalue weighted by molar-refractivity contribution is -0.130. The average molecular weight is 370 g/mol. The number of amides is 1. The molecule has 0 radical (unpaired) electrons. The third-order valence-electron chi connectivity index (χ3n) is 4.11. The molecule has 1 heterocycles. The Morgan fingerprint density at radius 1 is 1.12 bits per heavy atom. The van der Waals surface area contributed by atoms with Gasteiger partial charge < -0.3 is 9.32 Å². The molecular weight excluding hydrogens is 350 g/mol. The van der Waals surface area contributed by atoms with Crippen molar-refractivity contribution in [2.75, 3.05) is 7.05 Å². The number of carbonyl (C=O) groups is 1. The summed E-state index contributed by atoms with van der Waals surface area (Å²) in [6.45, 7) is 2.49. The van der Waals surface area contributed by atoms with E-state index in [1.807, 2.05) is 55.5 Å². The molecule has 6 heteroatoms. The van der Waals surface area contributed by atoms with Crippen LogP contribution in [0.25, 0.3) is 11.5 Å². The fourth-order valence-electron chi connectivity index (χ4n) is 2.54. The summed E-state index contributed by atoms with van der Waals surface area (Å²) in [5.41, 5.74) is 2.96. The molecule has 0 aliphatic heterocycles. The lowest BCUT2D eigenvalue weighted by Gasteiger charge is -2.17. The van der Waals surface area contributed by atoms with Crippen LogP contribution in [-0.4, -0.2) is 28.1 Å². The van der Waals surface area contributed by atoms with Crippen molar-refractivity contribution >= 4 is 17.5 Å². The predicted octanol–water partition coefficient (Wildman–Crippen LogP) is 4.29. The Bertz CT molecular complexity index is 890. The molecule has 0 aliphatic carbocycles. The van der Waals surface area contributed by atoms with Crippen molar-refractivity contribution in [3.05, 3.63) is 70.6 Å². The molecule has 0 saturated heterocycles. The summed E-state index contributed by atoms with van der Waals surface area (Å²) in [6, 6.07) is 15.4. The van der Waals surface area contributed by atoms with E-state index in [1.165, 1.54) is 5.56 Å². The van der Waals surface area contributed by atoms with Gasteiger partial charge in [-0.15, -0.1) is 10.2 Å². The van der Waals surface area contributed by atoms with Gasteiger partial charge in [0.15, 0.2) is 0 Å². The zero-order valence-electron chi connectivity index (χ0n) is 14.8. The Hall–Kier alpha value is -2.66. The van der Waals surface area contributed by atoms with Crippen LogP contribution < -0.4 is 0 Å². The van der Waals surface area contributed by atoms with Crippen molar-refractivity contribution in [1.82, 2.24) is 15.1 Å². The second-order valence-electron chi connectivity index (χ2n) is 6.21. The third-order valence-corrected chi connectivity index (χ3v) is 4.48. The van der Waals surface area contributed by atoms with Crippen LogP contribution in [-0.2, 0) is 17.8 Å². The van der Waals surface area contributed by atoms with E-state index >= 15 is 0 Å². The smallest absolute Gasteiger partial charge is 0.247 e. The van der Waals surface area contributed by atoms with E-state index in [2.05, 4.69) is 10.2 Å². The first-order valence-electron chi connectivity index (χ1n) is 8.39. The van der Waals surface area contributed by atoms with E-state index in [0.717, 1.165) is 11.1 Å². The molecule has 5 nitrogen and oxygen atoms in total. The highest BCUT2D eigenvalue weighted by atomic mass is 35.5. The van der Waals surface area contributed by atoms with Gasteiger partial charge in [-0.25, -0.2) is 0 Å². The van der Waals surface area contributed by atoms with Gasteiger partial charge in [-0.2, -0.15) is 0 Å². The minimum absolute atomic E-state index is 0.00000522. The van der Waals surface area contributed by atoms with Gasteiger partial charge >= 0.3 is 0 Å². The summed E-state index contributed by atoms with van der Waals surface area (Å²) in [4.78, 5) is 14.0. The average Bonchev–Trinajstić information content (AvgIpc) is 3.11. The fraction of sp³-hybridized carbons (Fsp3) is 0.250. The van der Waals surface area contributed by atoms with Gasteiger partial charge in [-0.3, -0.25) is 4.79 Å². The first-order chi connectivity index (χ1) is 12.5. The van der Waals surface area contributed by atoms with Crippen LogP contribution in [0.1, 0.15) is 23.4 Å². The summed E-state index contributed by atoms with van der Waals surface area (Å²) in [6.07, 6.45) is 0.709. The van der Waals surface area contributed by atoms with Crippen LogP contribution in [0.5, 0.6) is 0 Å². The Morgan fingerprint density at radius 3 is 2.58 bits per heavy atom. The second-order valence-corrected chi connectivity index (χ2v) is 6.62. The van der Waals surface area contributed by atoms with E-state index in [4.69, 9.17) is 16.0 Å². The summed E-state index contributed by atoms with van der Waals surface area (Å²) in [5.74, 6) is 0.928. The Morgan fingerprint density at radius 2 is 1.85 bits per heavy atom. The molecule has 0 bridgehead atoms. The van der Waals surface area contributed by atoms with Crippen molar-refractivity contribution in [3.8, 4) is 11.5 Å². The first-order valence-corrected chi connectivity index (χ1v) is 8.77. The molecule has 26 heavy (non-hydrogen) atoms. The van der Waals surface area contributed by atoms with E-state index in [-0.39, 0.29) is 5.91 Å². The number of halogens is 1. The molecule has 0 atom stereocenters. The minimum Gasteiger partial charge on any atom is -0.421 e. The Labute approximate surface area is 157 Å². The summed E-state index contributed by atoms with van der Waals surface area (Å²) in [7, 11) is 1.76. The van der Waals surface area contributed by atoms with Crippen LogP contribution >= 0.6 is 11.6 Å². The van der Waals surface area contributed by atoms with Crippen LogP contribution in [0.4, 0.5) is 0 Å². The van der Waals surface area contributed by atoms with Gasteiger partial charge in [0.1, 0.15) is 0 Å². The summed E-state index contributed by atoms with van der Waals surface area (Å²) < 4.78 is 5.66. The molecule has 1 aromatic heterocycles. The van der Waals surface area contributed by atoms with Gasteiger partial charge in [-0.05, 0) is 30.7 Å². The van der Waals surface area contributed by atoms with Gasteiger partial charge in [0.2, 0.25) is 17.7 Å². The molecule has 3 rings (SSSR count). The molecule has 2 aromatic carbocycles. The Balaban J connectivity index is 1.56. The van der Waals surface area contributed by atoms with Crippen LogP contribution in [0, 0.1) is 6.92 Å². The minimum atomic E-state index is 0.00000522. The number of hydrogen-bond donors (Lipinski definition) is 0. The molecule has 0 aliphatic rings. The summed E-state index contributed by atoms with van der Waals surface area (Å²) in [5, 5.41) is 8.75. The number of carbonyl (C=O) groups excluding carboxylic acids is 1. The third kappa shape index (κ3) is 4.49. The van der Waals surface area contributed by atoms with Crippen molar-refractivity contribution < 1.29 is 9.21 Å². The molecular formula is C20H20ClN3O2. The van der Waals surface area contributed by atoms with Gasteiger partial charge in [0.25, 0.3) is 0 Å². The van der Waals surface area contributed by atoms with E-state index < -0.39 is 0 Å². The predicted molar refractivity (Wildman–Crippen MR) is 101 cm³/mol. The monoisotopic (exact) mass is 369 g/mol. The number of nitrogens with zero attached hydrogens (tertiary/aromatic N) is 3. The number of aromatic nitrogens is 2. The van der Waals surface area contributed by atoms with Crippen LogP contribution in [0.3, 0.4) is 0 Å². The molecule has 0 N–H and O–H groups in total. The van der Waals surface area contributed by atoms with E-state index in [9.17, 15) is 4.79 Å². The largest absolute Gasteiger partial charge is 0.421 e. The number of benzene rings is 2. The molecule has 0 saturated carbocycles. The van der Waals surface area contributed by atoms with Crippen molar-refractivity contribution in [1.29, 1.82) is 0 Å². The lowest BCUT2D eigenvalue weighted by atomic mass is 10.1.